The Morgan fingerprint density at radius 1 is 1.05 bits per heavy atom. The van der Waals surface area contributed by atoms with Gasteiger partial charge in [-0.2, -0.15) is 4.31 Å². The average molecular weight is 311 g/mol. The minimum absolute atomic E-state index is 0.0396. The molecule has 1 amide bonds. The van der Waals surface area contributed by atoms with Crippen molar-refractivity contribution in [3.8, 4) is 0 Å². The van der Waals surface area contributed by atoms with E-state index in [-0.39, 0.29) is 31.1 Å². The first-order valence-corrected chi connectivity index (χ1v) is 7.83. The van der Waals surface area contributed by atoms with Gasteiger partial charge in [-0.05, 0) is 19.1 Å². The third kappa shape index (κ3) is 3.22. The van der Waals surface area contributed by atoms with E-state index in [0.717, 1.165) is 10.5 Å². The van der Waals surface area contributed by atoms with Crippen LogP contribution in [0.4, 0.5) is 0 Å². The molecule has 21 heavy (non-hydrogen) atoms. The Bertz CT molecular complexity index is 646. The van der Waals surface area contributed by atoms with Gasteiger partial charge in [0.2, 0.25) is 10.0 Å². The molecule has 0 aromatic heterocycles. The van der Waals surface area contributed by atoms with Gasteiger partial charge in [-0.25, -0.2) is 8.42 Å². The predicted molar refractivity (Wildman–Crippen MR) is 71.5 cm³/mol. The van der Waals surface area contributed by atoms with Crippen LogP contribution in [0.15, 0.2) is 29.2 Å². The molecule has 0 spiro atoms. The van der Waals surface area contributed by atoms with Crippen molar-refractivity contribution in [2.24, 2.45) is 0 Å². The number of aliphatic carboxylic acids is 1. The summed E-state index contributed by atoms with van der Waals surface area (Å²) in [4.78, 5) is 23.0. The number of amides is 1. The fraction of sp³-hybridized carbons (Fsp3) is 0.385. The van der Waals surface area contributed by atoms with E-state index < -0.39 is 21.9 Å². The van der Waals surface area contributed by atoms with Gasteiger partial charge in [0.1, 0.15) is 5.97 Å². The van der Waals surface area contributed by atoms with Crippen LogP contribution in [0, 0.1) is 6.92 Å². The molecule has 7 nitrogen and oxygen atoms in total. The maximum atomic E-state index is 12.4. The average Bonchev–Trinajstić information content (AvgIpc) is 2.47. The maximum absolute atomic E-state index is 12.4. The Balaban J connectivity index is 2.09. The molecule has 0 aliphatic carbocycles. The molecule has 1 aliphatic rings. The van der Waals surface area contributed by atoms with Gasteiger partial charge < -0.3 is 14.8 Å². The fourth-order valence-electron chi connectivity index (χ4n) is 2.12. The number of carboxylic acid groups (broad SMARTS) is 1. The quantitative estimate of drug-likeness (QED) is 0.624. The van der Waals surface area contributed by atoms with Crippen LogP contribution in [0.2, 0.25) is 0 Å². The van der Waals surface area contributed by atoms with E-state index in [1.54, 1.807) is 12.1 Å². The zero-order valence-electron chi connectivity index (χ0n) is 11.5. The largest absolute Gasteiger partial charge is 0.540 e. The van der Waals surface area contributed by atoms with Gasteiger partial charge in [0.05, 0.1) is 4.90 Å². The maximum Gasteiger partial charge on any atom is 0.269 e. The van der Waals surface area contributed by atoms with Crippen LogP contribution in [-0.4, -0.2) is 55.7 Å². The standard InChI is InChI=1S/C13H16N2O5S/c1-10-2-4-11(5-3-10)21(19,20)15-8-6-14(7-9-15)12(16)13(17)18/h2-5H,6-9H2,1H3,(H,17,18)/p-1. The Kier molecular flexibility index (Phi) is 4.29. The normalized spacial score (nSPS) is 16.7. The molecule has 1 saturated heterocycles. The van der Waals surface area contributed by atoms with Crippen LogP contribution >= 0.6 is 0 Å². The lowest BCUT2D eigenvalue weighted by molar-refractivity contribution is -0.301. The first kappa shape index (κ1) is 15.5. The Morgan fingerprint density at radius 2 is 1.57 bits per heavy atom. The molecule has 2 rings (SSSR count). The highest BCUT2D eigenvalue weighted by molar-refractivity contribution is 7.89. The summed E-state index contributed by atoms with van der Waals surface area (Å²) in [6.07, 6.45) is 0. The molecule has 0 atom stereocenters. The molecule has 0 unspecified atom stereocenters. The number of rotatable bonds is 2. The second kappa shape index (κ2) is 5.82. The van der Waals surface area contributed by atoms with E-state index in [1.165, 1.54) is 16.4 Å². The Morgan fingerprint density at radius 3 is 2.05 bits per heavy atom. The molecule has 0 radical (unpaired) electrons. The summed E-state index contributed by atoms with van der Waals surface area (Å²) in [5.74, 6) is -2.88. The van der Waals surface area contributed by atoms with Gasteiger partial charge in [0.15, 0.2) is 0 Å². The third-order valence-electron chi connectivity index (χ3n) is 3.36. The second-order valence-corrected chi connectivity index (χ2v) is 6.73. The van der Waals surface area contributed by atoms with Crippen molar-refractivity contribution >= 4 is 21.9 Å². The molecule has 0 saturated carbocycles. The van der Waals surface area contributed by atoms with Crippen molar-refractivity contribution in [2.75, 3.05) is 26.2 Å². The zero-order chi connectivity index (χ0) is 15.6. The van der Waals surface area contributed by atoms with Crippen LogP contribution < -0.4 is 5.11 Å². The van der Waals surface area contributed by atoms with Crippen LogP contribution in [0.25, 0.3) is 0 Å². The topological polar surface area (TPSA) is 97.8 Å². The lowest BCUT2D eigenvalue weighted by Gasteiger charge is -2.34. The number of sulfonamides is 1. The van der Waals surface area contributed by atoms with Crippen LogP contribution in [0.3, 0.4) is 0 Å². The smallest absolute Gasteiger partial charge is 0.269 e. The molecule has 0 N–H and O–H groups in total. The van der Waals surface area contributed by atoms with Gasteiger partial charge in [0, 0.05) is 26.2 Å². The third-order valence-corrected chi connectivity index (χ3v) is 5.27. The van der Waals surface area contributed by atoms with E-state index >= 15 is 0 Å². The van der Waals surface area contributed by atoms with Gasteiger partial charge in [0.25, 0.3) is 5.91 Å². The summed E-state index contributed by atoms with van der Waals surface area (Å²) < 4.78 is 26.1. The number of benzene rings is 1. The molecule has 1 aromatic rings. The number of hydrogen-bond acceptors (Lipinski definition) is 5. The minimum Gasteiger partial charge on any atom is -0.540 e. The molecule has 114 valence electrons. The van der Waals surface area contributed by atoms with Crippen molar-refractivity contribution in [2.45, 2.75) is 11.8 Å². The van der Waals surface area contributed by atoms with Crippen LogP contribution in [0.1, 0.15) is 5.56 Å². The van der Waals surface area contributed by atoms with Gasteiger partial charge in [-0.15, -0.1) is 0 Å². The highest BCUT2D eigenvalue weighted by Crippen LogP contribution is 2.18. The number of nitrogens with zero attached hydrogens (tertiary/aromatic N) is 2. The number of hydrogen-bond donors (Lipinski definition) is 0. The number of carboxylic acids is 1. The Labute approximate surface area is 122 Å². The molecule has 1 heterocycles. The Hall–Kier alpha value is -1.93. The minimum atomic E-state index is -3.62. The van der Waals surface area contributed by atoms with E-state index in [0.29, 0.717) is 0 Å². The molecular formula is C13H15N2O5S-. The summed E-state index contributed by atoms with van der Waals surface area (Å²) >= 11 is 0. The summed E-state index contributed by atoms with van der Waals surface area (Å²) in [6, 6.07) is 6.48. The molecule has 8 heteroatoms. The lowest BCUT2D eigenvalue weighted by Crippen LogP contribution is -2.54. The first-order valence-electron chi connectivity index (χ1n) is 6.39. The van der Waals surface area contributed by atoms with E-state index in [4.69, 9.17) is 0 Å². The van der Waals surface area contributed by atoms with Crippen molar-refractivity contribution in [3.05, 3.63) is 29.8 Å². The van der Waals surface area contributed by atoms with Crippen molar-refractivity contribution < 1.29 is 23.1 Å². The van der Waals surface area contributed by atoms with Crippen molar-refractivity contribution in [1.29, 1.82) is 0 Å². The highest BCUT2D eigenvalue weighted by Gasteiger charge is 2.30. The summed E-state index contributed by atoms with van der Waals surface area (Å²) in [6.45, 7) is 2.07. The van der Waals surface area contributed by atoms with E-state index in [2.05, 4.69) is 0 Å². The first-order chi connectivity index (χ1) is 9.82. The summed E-state index contributed by atoms with van der Waals surface area (Å²) in [7, 11) is -3.62. The highest BCUT2D eigenvalue weighted by atomic mass is 32.2. The predicted octanol–water partition coefficient (Wildman–Crippen LogP) is -1.42. The molecule has 0 bridgehead atoms. The zero-order valence-corrected chi connectivity index (χ0v) is 12.3. The second-order valence-electron chi connectivity index (χ2n) is 4.80. The summed E-state index contributed by atoms with van der Waals surface area (Å²) in [5.41, 5.74) is 0.957. The van der Waals surface area contributed by atoms with Crippen LogP contribution in [-0.2, 0) is 19.6 Å². The molecular weight excluding hydrogens is 296 g/mol. The van der Waals surface area contributed by atoms with Crippen molar-refractivity contribution in [3.63, 3.8) is 0 Å². The SMILES string of the molecule is Cc1ccc(S(=O)(=O)N2CCN(C(=O)C(=O)[O-])CC2)cc1. The molecule has 1 fully saturated rings. The van der Waals surface area contributed by atoms with Gasteiger partial charge >= 0.3 is 0 Å². The number of piperazine rings is 1. The summed E-state index contributed by atoms with van der Waals surface area (Å²) in [5, 5.41) is 10.5. The lowest BCUT2D eigenvalue weighted by atomic mass is 10.2. The monoisotopic (exact) mass is 311 g/mol. The number of carbonyl (C=O) groups is 2. The van der Waals surface area contributed by atoms with E-state index in [9.17, 15) is 23.1 Å². The van der Waals surface area contributed by atoms with Gasteiger partial charge in [-0.1, -0.05) is 17.7 Å². The fourth-order valence-corrected chi connectivity index (χ4v) is 3.54. The van der Waals surface area contributed by atoms with Gasteiger partial charge in [-0.3, -0.25) is 4.79 Å². The van der Waals surface area contributed by atoms with E-state index in [1.807, 2.05) is 6.92 Å². The number of carbonyl (C=O) groups excluding carboxylic acids is 2. The molecule has 1 aromatic carbocycles. The van der Waals surface area contributed by atoms with Crippen LogP contribution in [0.5, 0.6) is 0 Å². The van der Waals surface area contributed by atoms with Crippen molar-refractivity contribution in [1.82, 2.24) is 9.21 Å². The number of aryl methyl sites for hydroxylation is 1. The molecule has 1 aliphatic heterocycles.